The van der Waals surface area contributed by atoms with E-state index in [1.54, 1.807) is 11.3 Å². The van der Waals surface area contributed by atoms with E-state index in [0.29, 0.717) is 0 Å². The number of aromatic nitrogens is 1. The molecule has 0 spiro atoms. The number of hydrogen-bond acceptors (Lipinski definition) is 4. The van der Waals surface area contributed by atoms with Crippen molar-refractivity contribution in [2.75, 3.05) is 11.9 Å². The van der Waals surface area contributed by atoms with Gasteiger partial charge in [0.05, 0.1) is 6.54 Å². The number of thiophene rings is 1. The fourth-order valence-electron chi connectivity index (χ4n) is 2.05. The second kappa shape index (κ2) is 6.58. The summed E-state index contributed by atoms with van der Waals surface area (Å²) < 4.78 is 0. The summed E-state index contributed by atoms with van der Waals surface area (Å²) in [4.78, 5) is 8.30. The third kappa shape index (κ3) is 4.83. The van der Waals surface area contributed by atoms with Crippen LogP contribution in [0.4, 0.5) is 5.82 Å². The molecule has 0 saturated carbocycles. The summed E-state index contributed by atoms with van der Waals surface area (Å²) in [7, 11) is 2.09. The summed E-state index contributed by atoms with van der Waals surface area (Å²) in [6.07, 6.45) is 0. The molecular formula is C17H25N3S. The van der Waals surface area contributed by atoms with Crippen LogP contribution >= 0.6 is 11.3 Å². The highest BCUT2D eigenvalue weighted by atomic mass is 32.1. The Kier molecular flexibility index (Phi) is 5.01. The SMILES string of the molecule is Cc1nc(N(C)Cc2cccs2)ccc1CNC(C)(C)C. The standard InChI is InChI=1S/C17H25N3S/c1-13-14(11-18-17(2,3)4)8-9-16(19-13)20(5)12-15-7-6-10-21-15/h6-10,18H,11-12H2,1-5H3. The Morgan fingerprint density at radius 2 is 2.00 bits per heavy atom. The third-order valence-electron chi connectivity index (χ3n) is 3.35. The average Bonchev–Trinajstić information content (AvgIpc) is 2.89. The molecule has 0 aromatic carbocycles. The first-order valence-corrected chi connectivity index (χ1v) is 8.18. The van der Waals surface area contributed by atoms with Crippen molar-refractivity contribution in [2.45, 2.75) is 46.3 Å². The van der Waals surface area contributed by atoms with Gasteiger partial charge in [-0.3, -0.25) is 0 Å². The predicted molar refractivity (Wildman–Crippen MR) is 92.0 cm³/mol. The summed E-state index contributed by atoms with van der Waals surface area (Å²) >= 11 is 1.78. The van der Waals surface area contributed by atoms with Gasteiger partial charge in [-0.05, 0) is 50.8 Å². The van der Waals surface area contributed by atoms with E-state index in [2.05, 4.69) is 74.6 Å². The van der Waals surface area contributed by atoms with Crippen molar-refractivity contribution < 1.29 is 0 Å². The van der Waals surface area contributed by atoms with Crippen LogP contribution in [0.1, 0.15) is 36.9 Å². The maximum Gasteiger partial charge on any atom is 0.128 e. The molecule has 0 amide bonds. The average molecular weight is 303 g/mol. The largest absolute Gasteiger partial charge is 0.355 e. The van der Waals surface area contributed by atoms with Crippen molar-refractivity contribution in [3.05, 3.63) is 45.8 Å². The lowest BCUT2D eigenvalue weighted by atomic mass is 10.1. The molecule has 0 radical (unpaired) electrons. The van der Waals surface area contributed by atoms with E-state index in [1.807, 2.05) is 0 Å². The van der Waals surface area contributed by atoms with Gasteiger partial charge in [0.15, 0.2) is 0 Å². The molecule has 0 saturated heterocycles. The Morgan fingerprint density at radius 3 is 2.57 bits per heavy atom. The lowest BCUT2D eigenvalue weighted by Crippen LogP contribution is -2.35. The van der Waals surface area contributed by atoms with E-state index in [-0.39, 0.29) is 5.54 Å². The molecule has 0 aliphatic carbocycles. The van der Waals surface area contributed by atoms with Crippen molar-refractivity contribution in [3.63, 3.8) is 0 Å². The van der Waals surface area contributed by atoms with Crippen molar-refractivity contribution in [3.8, 4) is 0 Å². The molecule has 0 atom stereocenters. The van der Waals surface area contributed by atoms with Gasteiger partial charge in [0.25, 0.3) is 0 Å². The van der Waals surface area contributed by atoms with Gasteiger partial charge in [-0.2, -0.15) is 0 Å². The van der Waals surface area contributed by atoms with Gasteiger partial charge >= 0.3 is 0 Å². The molecule has 0 aliphatic rings. The Bertz CT molecular complexity index is 570. The fraction of sp³-hybridized carbons (Fsp3) is 0.471. The van der Waals surface area contributed by atoms with Crippen LogP contribution in [0.3, 0.4) is 0 Å². The minimum atomic E-state index is 0.126. The number of rotatable bonds is 5. The topological polar surface area (TPSA) is 28.2 Å². The minimum Gasteiger partial charge on any atom is -0.355 e. The van der Waals surface area contributed by atoms with E-state index in [1.165, 1.54) is 10.4 Å². The lowest BCUT2D eigenvalue weighted by molar-refractivity contribution is 0.423. The second-order valence-electron chi connectivity index (χ2n) is 6.45. The van der Waals surface area contributed by atoms with E-state index in [0.717, 1.165) is 24.6 Å². The molecule has 0 aliphatic heterocycles. The minimum absolute atomic E-state index is 0.126. The highest BCUT2D eigenvalue weighted by Gasteiger charge is 2.11. The van der Waals surface area contributed by atoms with Crippen LogP contribution in [0.5, 0.6) is 0 Å². The molecule has 2 aromatic rings. The molecular weight excluding hydrogens is 278 g/mol. The Hall–Kier alpha value is -1.39. The van der Waals surface area contributed by atoms with E-state index in [4.69, 9.17) is 4.98 Å². The molecule has 2 heterocycles. The summed E-state index contributed by atoms with van der Waals surface area (Å²) in [5.41, 5.74) is 2.49. The van der Waals surface area contributed by atoms with E-state index < -0.39 is 0 Å². The maximum absolute atomic E-state index is 4.74. The Balaban J connectivity index is 2.04. The lowest BCUT2D eigenvalue weighted by Gasteiger charge is -2.22. The van der Waals surface area contributed by atoms with Crippen molar-refractivity contribution in [2.24, 2.45) is 0 Å². The summed E-state index contributed by atoms with van der Waals surface area (Å²) in [6.45, 7) is 10.4. The predicted octanol–water partition coefficient (Wildman–Crippen LogP) is 3.98. The molecule has 114 valence electrons. The van der Waals surface area contributed by atoms with Crippen LogP contribution in [0, 0.1) is 6.92 Å². The number of anilines is 1. The Labute approximate surface area is 132 Å². The molecule has 2 aromatic heterocycles. The van der Waals surface area contributed by atoms with Crippen LogP contribution in [-0.4, -0.2) is 17.6 Å². The molecule has 0 unspecified atom stereocenters. The van der Waals surface area contributed by atoms with Crippen molar-refractivity contribution in [1.29, 1.82) is 0 Å². The number of aryl methyl sites for hydroxylation is 1. The highest BCUT2D eigenvalue weighted by Crippen LogP contribution is 2.18. The third-order valence-corrected chi connectivity index (χ3v) is 4.22. The zero-order valence-electron chi connectivity index (χ0n) is 13.6. The zero-order valence-corrected chi connectivity index (χ0v) is 14.4. The van der Waals surface area contributed by atoms with Gasteiger partial charge in [-0.1, -0.05) is 12.1 Å². The smallest absolute Gasteiger partial charge is 0.128 e. The van der Waals surface area contributed by atoms with Crippen LogP contribution in [0.25, 0.3) is 0 Å². The van der Waals surface area contributed by atoms with Gasteiger partial charge in [-0.15, -0.1) is 11.3 Å². The van der Waals surface area contributed by atoms with Gasteiger partial charge in [0.2, 0.25) is 0 Å². The second-order valence-corrected chi connectivity index (χ2v) is 7.49. The van der Waals surface area contributed by atoms with Crippen molar-refractivity contribution in [1.82, 2.24) is 10.3 Å². The zero-order chi connectivity index (χ0) is 15.5. The van der Waals surface area contributed by atoms with Crippen LogP contribution in [0.2, 0.25) is 0 Å². The van der Waals surface area contributed by atoms with E-state index in [9.17, 15) is 0 Å². The summed E-state index contributed by atoms with van der Waals surface area (Å²) in [6, 6.07) is 8.55. The molecule has 21 heavy (non-hydrogen) atoms. The van der Waals surface area contributed by atoms with Gasteiger partial charge in [0.1, 0.15) is 5.82 Å². The number of pyridine rings is 1. The van der Waals surface area contributed by atoms with E-state index >= 15 is 0 Å². The number of hydrogen-bond donors (Lipinski definition) is 1. The normalized spacial score (nSPS) is 11.7. The van der Waals surface area contributed by atoms with Crippen LogP contribution in [-0.2, 0) is 13.1 Å². The number of nitrogens with zero attached hydrogens (tertiary/aromatic N) is 2. The quantitative estimate of drug-likeness (QED) is 0.905. The fourth-order valence-corrected chi connectivity index (χ4v) is 2.81. The first-order valence-electron chi connectivity index (χ1n) is 7.30. The molecule has 0 bridgehead atoms. The molecule has 0 fully saturated rings. The molecule has 4 heteroatoms. The first kappa shape index (κ1) is 16.0. The Morgan fingerprint density at radius 1 is 1.24 bits per heavy atom. The highest BCUT2D eigenvalue weighted by molar-refractivity contribution is 7.09. The van der Waals surface area contributed by atoms with Crippen LogP contribution in [0.15, 0.2) is 29.6 Å². The van der Waals surface area contributed by atoms with Gasteiger partial charge < -0.3 is 10.2 Å². The molecule has 1 N–H and O–H groups in total. The van der Waals surface area contributed by atoms with Gasteiger partial charge in [0, 0.05) is 29.7 Å². The first-order chi connectivity index (χ1) is 9.85. The molecule has 2 rings (SSSR count). The molecule has 3 nitrogen and oxygen atoms in total. The van der Waals surface area contributed by atoms with Crippen molar-refractivity contribution >= 4 is 17.2 Å². The monoisotopic (exact) mass is 303 g/mol. The summed E-state index contributed by atoms with van der Waals surface area (Å²) in [5.74, 6) is 1.03. The maximum atomic E-state index is 4.74. The van der Waals surface area contributed by atoms with Gasteiger partial charge in [-0.25, -0.2) is 4.98 Å². The summed E-state index contributed by atoms with van der Waals surface area (Å²) in [5, 5.41) is 5.63. The number of nitrogens with one attached hydrogen (secondary N) is 1. The van der Waals surface area contributed by atoms with Crippen LogP contribution < -0.4 is 10.2 Å².